The Morgan fingerprint density at radius 2 is 1.52 bits per heavy atom. The third-order valence-corrected chi connectivity index (χ3v) is 6.84. The topological polar surface area (TPSA) is 23.6 Å². The molecule has 0 bridgehead atoms. The molecule has 0 aliphatic carbocycles. The van der Waals surface area contributed by atoms with E-state index in [2.05, 4.69) is 40.1 Å². The van der Waals surface area contributed by atoms with Gasteiger partial charge in [-0.2, -0.15) is 0 Å². The number of anilines is 1. The first-order valence-electron chi connectivity index (χ1n) is 9.80. The summed E-state index contributed by atoms with van der Waals surface area (Å²) in [6.45, 7) is 4.27. The van der Waals surface area contributed by atoms with E-state index in [4.69, 9.17) is 0 Å². The molecule has 1 aromatic carbocycles. The number of amides is 1. The highest BCUT2D eigenvalue weighted by Crippen LogP contribution is 2.38. The van der Waals surface area contributed by atoms with Gasteiger partial charge < -0.3 is 9.80 Å². The summed E-state index contributed by atoms with van der Waals surface area (Å²) in [6.07, 6.45) is 9.79. The minimum Gasteiger partial charge on any atom is -0.372 e. The molecule has 0 spiro atoms. The van der Waals surface area contributed by atoms with E-state index in [1.54, 1.807) is 0 Å². The summed E-state index contributed by atoms with van der Waals surface area (Å²) in [6, 6.07) is 8.97. The molecule has 2 saturated heterocycles. The number of likely N-dealkylation sites (tertiary alicyclic amines) is 1. The Bertz CT molecular complexity index is 628. The molecule has 4 heteroatoms. The van der Waals surface area contributed by atoms with Crippen LogP contribution in [-0.2, 0) is 4.79 Å². The van der Waals surface area contributed by atoms with Gasteiger partial charge in [0.2, 0.25) is 5.91 Å². The zero-order valence-corrected chi connectivity index (χ0v) is 15.8. The van der Waals surface area contributed by atoms with E-state index < -0.39 is 0 Å². The lowest BCUT2D eigenvalue weighted by Gasteiger charge is -2.28. The Kier molecular flexibility index (Phi) is 5.35. The van der Waals surface area contributed by atoms with Crippen molar-refractivity contribution in [1.82, 2.24) is 4.90 Å². The van der Waals surface area contributed by atoms with Crippen molar-refractivity contribution in [2.75, 3.05) is 36.8 Å². The molecule has 3 aliphatic rings. The van der Waals surface area contributed by atoms with Gasteiger partial charge in [0, 0.05) is 42.5 Å². The molecule has 3 aliphatic heterocycles. The Hall–Kier alpha value is -1.42. The number of rotatable bonds is 3. The lowest BCUT2D eigenvalue weighted by atomic mass is 10.0. The van der Waals surface area contributed by atoms with Crippen LogP contribution in [0.25, 0.3) is 4.91 Å². The largest absolute Gasteiger partial charge is 0.372 e. The van der Waals surface area contributed by atoms with E-state index in [1.165, 1.54) is 67.8 Å². The second-order valence-electron chi connectivity index (χ2n) is 7.43. The number of nitrogens with zero attached hydrogens (tertiary/aromatic N) is 2. The lowest BCUT2D eigenvalue weighted by Crippen LogP contribution is -2.39. The summed E-state index contributed by atoms with van der Waals surface area (Å²) in [7, 11) is 0. The Morgan fingerprint density at radius 3 is 2.20 bits per heavy atom. The summed E-state index contributed by atoms with van der Waals surface area (Å²) in [5.41, 5.74) is 2.60. The van der Waals surface area contributed by atoms with Crippen LogP contribution >= 0.6 is 11.8 Å². The van der Waals surface area contributed by atoms with E-state index in [1.807, 2.05) is 11.8 Å². The van der Waals surface area contributed by atoms with Crippen molar-refractivity contribution in [2.45, 2.75) is 38.5 Å². The van der Waals surface area contributed by atoms with Crippen molar-refractivity contribution in [3.05, 3.63) is 35.9 Å². The predicted octanol–water partition coefficient (Wildman–Crippen LogP) is 4.39. The maximum atomic E-state index is 12.7. The molecule has 4 rings (SSSR count). The van der Waals surface area contributed by atoms with Gasteiger partial charge in [0.25, 0.3) is 0 Å². The molecule has 0 radical (unpaired) electrons. The fraction of sp³-hybridized carbons (Fsp3) is 0.571. The van der Waals surface area contributed by atoms with Crippen molar-refractivity contribution in [3.63, 3.8) is 0 Å². The van der Waals surface area contributed by atoms with Gasteiger partial charge in [0.05, 0.1) is 5.92 Å². The minimum absolute atomic E-state index is 0.0693. The second-order valence-corrected chi connectivity index (χ2v) is 8.49. The molecule has 1 aromatic rings. The third-order valence-electron chi connectivity index (χ3n) is 5.63. The van der Waals surface area contributed by atoms with Crippen molar-refractivity contribution >= 4 is 28.3 Å². The summed E-state index contributed by atoms with van der Waals surface area (Å²) < 4.78 is 0. The average Bonchev–Trinajstić information content (AvgIpc) is 3.19. The summed E-state index contributed by atoms with van der Waals surface area (Å²) in [4.78, 5) is 18.5. The molecule has 0 N–H and O–H groups in total. The lowest BCUT2D eigenvalue weighted by molar-refractivity contribution is -0.134. The van der Waals surface area contributed by atoms with Gasteiger partial charge in [-0.1, -0.05) is 18.2 Å². The van der Waals surface area contributed by atoms with Crippen LogP contribution in [0.15, 0.2) is 30.3 Å². The van der Waals surface area contributed by atoms with Crippen LogP contribution in [0.2, 0.25) is 0 Å². The van der Waals surface area contributed by atoms with E-state index >= 15 is 0 Å². The van der Waals surface area contributed by atoms with E-state index in [9.17, 15) is 4.79 Å². The highest BCUT2D eigenvalue weighted by Gasteiger charge is 2.28. The zero-order valence-electron chi connectivity index (χ0n) is 15.0. The quantitative estimate of drug-likeness (QED) is 0.802. The van der Waals surface area contributed by atoms with Gasteiger partial charge >= 0.3 is 0 Å². The van der Waals surface area contributed by atoms with Gasteiger partial charge in [-0.25, -0.2) is 0 Å². The van der Waals surface area contributed by atoms with Gasteiger partial charge in [-0.15, -0.1) is 11.8 Å². The third kappa shape index (κ3) is 3.89. The maximum absolute atomic E-state index is 12.7. The fourth-order valence-corrected chi connectivity index (χ4v) is 5.28. The van der Waals surface area contributed by atoms with Gasteiger partial charge in [-0.3, -0.25) is 4.79 Å². The molecule has 0 saturated carbocycles. The fourth-order valence-electron chi connectivity index (χ4n) is 4.12. The van der Waals surface area contributed by atoms with E-state index in [0.717, 1.165) is 18.8 Å². The van der Waals surface area contributed by atoms with Gasteiger partial charge in [0.15, 0.2) is 0 Å². The van der Waals surface area contributed by atoms with Crippen LogP contribution in [0.5, 0.6) is 0 Å². The molecule has 3 heterocycles. The van der Waals surface area contributed by atoms with Crippen LogP contribution in [0.1, 0.15) is 44.1 Å². The smallest absolute Gasteiger partial charge is 0.230 e. The second kappa shape index (κ2) is 7.86. The monoisotopic (exact) mass is 356 g/mol. The molecule has 1 amide bonds. The van der Waals surface area contributed by atoms with Crippen LogP contribution in [0.3, 0.4) is 0 Å². The van der Waals surface area contributed by atoms with Crippen LogP contribution in [-0.4, -0.2) is 42.7 Å². The standard InChI is InChI=1S/C21H28N2OS/c24-21(23-13-5-2-6-14-23)18-15-20(25-16-18)17-7-9-19(10-8-17)22-11-3-1-4-12-22/h7-10,15,18H,1-6,11-14,16H2. The summed E-state index contributed by atoms with van der Waals surface area (Å²) >= 11 is 1.84. The SMILES string of the molecule is O=C(C1C=C(c2ccc(N3CCCCC3)cc2)SC1)N1CCCCC1. The molecule has 1 atom stereocenters. The number of hydrogen-bond donors (Lipinski definition) is 0. The first-order chi connectivity index (χ1) is 12.3. The zero-order chi connectivity index (χ0) is 17.1. The van der Waals surface area contributed by atoms with Gasteiger partial charge in [-0.05, 0) is 56.2 Å². The first-order valence-corrected chi connectivity index (χ1v) is 10.8. The Morgan fingerprint density at radius 1 is 0.880 bits per heavy atom. The number of piperidine rings is 2. The number of thioether (sulfide) groups is 1. The molecule has 3 nitrogen and oxygen atoms in total. The van der Waals surface area contributed by atoms with Crippen molar-refractivity contribution < 1.29 is 4.79 Å². The molecule has 0 aromatic heterocycles. The Labute approximate surface area is 155 Å². The highest BCUT2D eigenvalue weighted by molar-refractivity contribution is 8.08. The maximum Gasteiger partial charge on any atom is 0.230 e. The summed E-state index contributed by atoms with van der Waals surface area (Å²) in [5.74, 6) is 1.31. The van der Waals surface area contributed by atoms with Gasteiger partial charge in [0.1, 0.15) is 0 Å². The van der Waals surface area contributed by atoms with Crippen LogP contribution in [0.4, 0.5) is 5.69 Å². The van der Waals surface area contributed by atoms with Crippen LogP contribution < -0.4 is 4.90 Å². The van der Waals surface area contributed by atoms with E-state index in [0.29, 0.717) is 5.91 Å². The minimum atomic E-state index is 0.0693. The first kappa shape index (κ1) is 17.0. The number of benzene rings is 1. The van der Waals surface area contributed by atoms with Crippen LogP contribution in [0, 0.1) is 5.92 Å². The average molecular weight is 357 g/mol. The van der Waals surface area contributed by atoms with Crippen molar-refractivity contribution in [2.24, 2.45) is 5.92 Å². The predicted molar refractivity (Wildman–Crippen MR) is 107 cm³/mol. The molecule has 2 fully saturated rings. The van der Waals surface area contributed by atoms with Crippen molar-refractivity contribution in [3.8, 4) is 0 Å². The molecular formula is C21H28N2OS. The van der Waals surface area contributed by atoms with E-state index in [-0.39, 0.29) is 5.92 Å². The molecule has 1 unspecified atom stereocenters. The molecule has 134 valence electrons. The Balaban J connectivity index is 1.42. The molecular weight excluding hydrogens is 328 g/mol. The normalized spacial score (nSPS) is 24.3. The number of carbonyl (C=O) groups excluding carboxylic acids is 1. The molecule has 25 heavy (non-hydrogen) atoms. The summed E-state index contributed by atoms with van der Waals surface area (Å²) in [5, 5.41) is 0. The van der Waals surface area contributed by atoms with Crippen molar-refractivity contribution in [1.29, 1.82) is 0 Å². The highest BCUT2D eigenvalue weighted by atomic mass is 32.2. The number of hydrogen-bond acceptors (Lipinski definition) is 3. The number of carbonyl (C=O) groups is 1.